The van der Waals surface area contributed by atoms with Gasteiger partial charge in [0.25, 0.3) is 12.2 Å². The third kappa shape index (κ3) is 2.74. The van der Waals surface area contributed by atoms with Gasteiger partial charge in [-0.25, -0.2) is 13.8 Å². The lowest BCUT2D eigenvalue weighted by Gasteiger charge is -2.05. The highest BCUT2D eigenvalue weighted by Gasteiger charge is 2.20. The van der Waals surface area contributed by atoms with Gasteiger partial charge in [-0.1, -0.05) is 0 Å². The van der Waals surface area contributed by atoms with Crippen molar-refractivity contribution in [2.24, 2.45) is 7.05 Å². The Morgan fingerprint density at radius 3 is 2.65 bits per heavy atom. The lowest BCUT2D eigenvalue weighted by atomic mass is 10.1. The highest BCUT2D eigenvalue weighted by Crippen LogP contribution is 2.26. The van der Waals surface area contributed by atoms with Crippen molar-refractivity contribution in [1.29, 1.82) is 0 Å². The van der Waals surface area contributed by atoms with Crippen LogP contribution in [0.4, 0.5) is 8.78 Å². The van der Waals surface area contributed by atoms with Crippen molar-refractivity contribution in [3.05, 3.63) is 29.5 Å². The van der Waals surface area contributed by atoms with Crippen LogP contribution in [0.1, 0.15) is 23.6 Å². The van der Waals surface area contributed by atoms with Crippen LogP contribution in [0.3, 0.4) is 0 Å². The summed E-state index contributed by atoms with van der Waals surface area (Å²) in [5.74, 6) is -1.30. The van der Waals surface area contributed by atoms with Crippen molar-refractivity contribution >= 4 is 11.7 Å². The van der Waals surface area contributed by atoms with Crippen LogP contribution in [-0.2, 0) is 18.3 Å². The maximum absolute atomic E-state index is 13.3. The Labute approximate surface area is 128 Å². The molecule has 3 aromatic heterocycles. The van der Waals surface area contributed by atoms with Crippen molar-refractivity contribution in [2.75, 3.05) is 0 Å². The number of hydrogen-bond acceptors (Lipinski definition) is 5. The minimum absolute atomic E-state index is 0.0719. The molecule has 0 aliphatic heterocycles. The maximum atomic E-state index is 13.3. The number of carbonyl (C=O) groups is 1. The number of hydrogen-bond donors (Lipinski definition) is 1. The Morgan fingerprint density at radius 1 is 1.35 bits per heavy atom. The van der Waals surface area contributed by atoms with E-state index in [9.17, 15) is 13.6 Å². The molecule has 120 valence electrons. The molecule has 0 saturated carbocycles. The molecule has 3 aromatic rings. The molecule has 0 amide bonds. The van der Waals surface area contributed by atoms with Crippen molar-refractivity contribution in [1.82, 2.24) is 29.4 Å². The number of aromatic nitrogens is 6. The van der Waals surface area contributed by atoms with Gasteiger partial charge >= 0.3 is 5.97 Å². The van der Waals surface area contributed by atoms with E-state index < -0.39 is 24.5 Å². The summed E-state index contributed by atoms with van der Waals surface area (Å²) in [4.78, 5) is 18.8. The maximum Gasteiger partial charge on any atom is 0.311 e. The van der Waals surface area contributed by atoms with E-state index in [-0.39, 0.29) is 17.3 Å². The first kappa shape index (κ1) is 15.0. The number of alkyl halides is 2. The normalized spacial score (nSPS) is 11.5. The Bertz CT molecular complexity index is 901. The highest BCUT2D eigenvalue weighted by molar-refractivity contribution is 5.69. The first-order valence-electron chi connectivity index (χ1n) is 6.62. The Kier molecular flexibility index (Phi) is 3.51. The summed E-state index contributed by atoms with van der Waals surface area (Å²) in [5.41, 5.74) is 1.11. The van der Waals surface area contributed by atoms with Crippen LogP contribution in [0, 0.1) is 6.92 Å². The van der Waals surface area contributed by atoms with Gasteiger partial charge in [-0.3, -0.25) is 9.48 Å². The van der Waals surface area contributed by atoms with Crippen LogP contribution in [0.5, 0.6) is 0 Å². The Morgan fingerprint density at radius 2 is 2.09 bits per heavy atom. The first-order chi connectivity index (χ1) is 10.8. The van der Waals surface area contributed by atoms with E-state index in [0.717, 1.165) is 4.52 Å². The molecule has 3 rings (SSSR count). The van der Waals surface area contributed by atoms with Gasteiger partial charge in [0.2, 0.25) is 0 Å². The van der Waals surface area contributed by atoms with Gasteiger partial charge in [0.15, 0.2) is 5.82 Å². The molecule has 8 nitrogen and oxygen atoms in total. The zero-order chi connectivity index (χ0) is 16.7. The largest absolute Gasteiger partial charge is 0.481 e. The zero-order valence-corrected chi connectivity index (χ0v) is 12.2. The van der Waals surface area contributed by atoms with Crippen molar-refractivity contribution < 1.29 is 18.7 Å². The third-order valence-electron chi connectivity index (χ3n) is 3.21. The molecule has 0 bridgehead atoms. The molecular weight excluding hydrogens is 310 g/mol. The van der Waals surface area contributed by atoms with Gasteiger partial charge in [0.05, 0.1) is 11.4 Å². The molecule has 0 aromatic carbocycles. The second-order valence-corrected chi connectivity index (χ2v) is 4.98. The number of aliphatic carboxylic acids is 1. The molecule has 0 unspecified atom stereocenters. The fourth-order valence-electron chi connectivity index (χ4n) is 2.29. The van der Waals surface area contributed by atoms with E-state index in [2.05, 4.69) is 20.2 Å². The SMILES string of the molecule is Cc1nn(C)cc1-c1cc(C(F)F)n2nc(CC(=O)O)nc2n1. The number of carboxylic acids is 1. The van der Waals surface area contributed by atoms with Crippen LogP contribution < -0.4 is 0 Å². The van der Waals surface area contributed by atoms with E-state index >= 15 is 0 Å². The molecule has 23 heavy (non-hydrogen) atoms. The number of halogens is 2. The summed E-state index contributed by atoms with van der Waals surface area (Å²) in [7, 11) is 1.71. The number of rotatable bonds is 4. The van der Waals surface area contributed by atoms with Gasteiger partial charge in [-0.15, -0.1) is 5.10 Å². The summed E-state index contributed by atoms with van der Waals surface area (Å²) in [5, 5.41) is 16.7. The van der Waals surface area contributed by atoms with Crippen LogP contribution in [-0.4, -0.2) is 40.4 Å². The van der Waals surface area contributed by atoms with Gasteiger partial charge in [0.1, 0.15) is 12.1 Å². The number of carboxylic acid groups (broad SMARTS) is 1. The summed E-state index contributed by atoms with van der Waals surface area (Å²) >= 11 is 0. The molecule has 10 heteroatoms. The summed E-state index contributed by atoms with van der Waals surface area (Å²) in [6.07, 6.45) is -1.61. The van der Waals surface area contributed by atoms with Gasteiger partial charge in [-0.05, 0) is 13.0 Å². The van der Waals surface area contributed by atoms with Crippen LogP contribution in [0.25, 0.3) is 17.0 Å². The van der Waals surface area contributed by atoms with Crippen LogP contribution in [0.15, 0.2) is 12.3 Å². The standard InChI is InChI=1S/C13H12F2N6O2/c1-6-7(5-20(2)18-6)8-3-9(12(14)15)21-13(16-8)17-10(19-21)4-11(22)23/h3,5,12H,4H2,1-2H3,(H,22,23). The highest BCUT2D eigenvalue weighted by atomic mass is 19.3. The van der Waals surface area contributed by atoms with E-state index in [1.54, 1.807) is 24.9 Å². The third-order valence-corrected chi connectivity index (χ3v) is 3.21. The minimum Gasteiger partial charge on any atom is -0.481 e. The second kappa shape index (κ2) is 5.38. The first-order valence-corrected chi connectivity index (χ1v) is 6.62. The van der Waals surface area contributed by atoms with E-state index in [0.29, 0.717) is 11.3 Å². The van der Waals surface area contributed by atoms with Gasteiger partial charge in [-0.2, -0.15) is 14.6 Å². The number of aryl methyl sites for hydroxylation is 2. The number of nitrogens with zero attached hydrogens (tertiary/aromatic N) is 6. The molecule has 3 heterocycles. The zero-order valence-electron chi connectivity index (χ0n) is 12.2. The lowest BCUT2D eigenvalue weighted by Crippen LogP contribution is -2.04. The Balaban J connectivity index is 2.21. The molecule has 0 fully saturated rings. The quantitative estimate of drug-likeness (QED) is 0.779. The molecule has 0 aliphatic carbocycles. The lowest BCUT2D eigenvalue weighted by molar-refractivity contribution is -0.136. The summed E-state index contributed by atoms with van der Waals surface area (Å²) < 4.78 is 29.1. The van der Waals surface area contributed by atoms with E-state index in [1.807, 2.05) is 0 Å². The van der Waals surface area contributed by atoms with Crippen molar-refractivity contribution in [3.63, 3.8) is 0 Å². The second-order valence-electron chi connectivity index (χ2n) is 4.98. The fraction of sp³-hybridized carbons (Fsp3) is 0.308. The topological polar surface area (TPSA) is 98.2 Å². The monoisotopic (exact) mass is 322 g/mol. The van der Waals surface area contributed by atoms with E-state index in [1.165, 1.54) is 6.07 Å². The summed E-state index contributed by atoms with van der Waals surface area (Å²) in [6, 6.07) is 1.21. The molecule has 0 atom stereocenters. The van der Waals surface area contributed by atoms with Crippen LogP contribution >= 0.6 is 0 Å². The molecular formula is C13H12F2N6O2. The molecule has 0 aliphatic rings. The molecule has 1 N–H and O–H groups in total. The average molecular weight is 322 g/mol. The minimum atomic E-state index is -2.81. The summed E-state index contributed by atoms with van der Waals surface area (Å²) in [6.45, 7) is 1.74. The van der Waals surface area contributed by atoms with Crippen LogP contribution in [0.2, 0.25) is 0 Å². The average Bonchev–Trinajstić information content (AvgIpc) is 2.98. The van der Waals surface area contributed by atoms with E-state index in [4.69, 9.17) is 5.11 Å². The smallest absolute Gasteiger partial charge is 0.311 e. The predicted molar refractivity (Wildman–Crippen MR) is 74.0 cm³/mol. The predicted octanol–water partition coefficient (Wildman–Crippen LogP) is 1.40. The molecule has 0 spiro atoms. The molecule has 0 radical (unpaired) electrons. The van der Waals surface area contributed by atoms with Crippen molar-refractivity contribution in [2.45, 2.75) is 19.8 Å². The van der Waals surface area contributed by atoms with Gasteiger partial charge < -0.3 is 5.11 Å². The molecule has 0 saturated heterocycles. The fourth-order valence-corrected chi connectivity index (χ4v) is 2.29. The number of fused-ring (bicyclic) bond motifs is 1. The van der Waals surface area contributed by atoms with Crippen molar-refractivity contribution in [3.8, 4) is 11.3 Å². The Hall–Kier alpha value is -2.91. The van der Waals surface area contributed by atoms with Gasteiger partial charge in [0, 0.05) is 18.8 Å².